The van der Waals surface area contributed by atoms with Crippen LogP contribution in [0.5, 0.6) is 5.75 Å². The highest BCUT2D eigenvalue weighted by molar-refractivity contribution is 9.10. The van der Waals surface area contributed by atoms with E-state index in [-0.39, 0.29) is 0 Å². The minimum Gasteiger partial charge on any atom is -0.497 e. The summed E-state index contributed by atoms with van der Waals surface area (Å²) in [6.45, 7) is 1.96. The second-order valence-corrected chi connectivity index (χ2v) is 6.86. The Morgan fingerprint density at radius 1 is 1.12 bits per heavy atom. The van der Waals surface area contributed by atoms with Crippen LogP contribution in [-0.2, 0) is 0 Å². The number of benzene rings is 2. The predicted octanol–water partition coefficient (Wildman–Crippen LogP) is 5.42. The number of ether oxygens (including phenoxy) is 1. The van der Waals surface area contributed by atoms with E-state index in [1.54, 1.807) is 7.11 Å². The van der Waals surface area contributed by atoms with E-state index >= 15 is 0 Å². The summed E-state index contributed by atoms with van der Waals surface area (Å²) in [6, 6.07) is 15.9. The molecule has 0 radical (unpaired) electrons. The Kier molecular flexibility index (Phi) is 5.27. The van der Waals surface area contributed by atoms with E-state index in [2.05, 4.69) is 31.4 Å². The Hall–Kier alpha value is -2.18. The molecule has 0 spiro atoms. The number of rotatable bonds is 5. The summed E-state index contributed by atoms with van der Waals surface area (Å²) >= 11 is 4.97. The molecule has 1 N–H and O–H groups in total. The van der Waals surface area contributed by atoms with E-state index in [1.165, 1.54) is 11.3 Å². The summed E-state index contributed by atoms with van der Waals surface area (Å²) in [4.78, 5) is 4.57. The van der Waals surface area contributed by atoms with E-state index in [9.17, 15) is 0 Å². The number of nitrogens with one attached hydrogen (secondary N) is 1. The molecule has 2 aromatic carbocycles. The zero-order chi connectivity index (χ0) is 16.9. The maximum atomic E-state index is 5.16. The molecule has 0 saturated heterocycles. The first-order valence-corrected chi connectivity index (χ1v) is 8.99. The minimum absolute atomic E-state index is 0.765. The van der Waals surface area contributed by atoms with Gasteiger partial charge in [0, 0.05) is 15.4 Å². The molecule has 24 heavy (non-hydrogen) atoms. The van der Waals surface area contributed by atoms with Crippen LogP contribution in [0.25, 0.3) is 11.3 Å². The molecule has 0 saturated carbocycles. The van der Waals surface area contributed by atoms with Crippen molar-refractivity contribution in [3.8, 4) is 17.0 Å². The van der Waals surface area contributed by atoms with Crippen molar-refractivity contribution in [2.45, 2.75) is 6.92 Å². The highest BCUT2D eigenvalue weighted by Crippen LogP contribution is 2.26. The molecule has 0 aliphatic carbocycles. The Bertz CT molecular complexity index is 841. The van der Waals surface area contributed by atoms with Gasteiger partial charge in [-0.05, 0) is 48.9 Å². The summed E-state index contributed by atoms with van der Waals surface area (Å²) in [5, 5.41) is 7.19. The van der Waals surface area contributed by atoms with Crippen molar-refractivity contribution >= 4 is 38.1 Å². The maximum absolute atomic E-state index is 5.16. The second kappa shape index (κ2) is 7.59. The van der Waals surface area contributed by atoms with Crippen LogP contribution < -0.4 is 10.2 Å². The van der Waals surface area contributed by atoms with Gasteiger partial charge in [-0.15, -0.1) is 11.3 Å². The number of hydrogen-bond acceptors (Lipinski definition) is 5. The largest absolute Gasteiger partial charge is 0.497 e. The second-order valence-electron chi connectivity index (χ2n) is 5.08. The Balaban J connectivity index is 1.70. The molecule has 0 unspecified atom stereocenters. The number of thiazole rings is 1. The predicted molar refractivity (Wildman–Crippen MR) is 104 cm³/mol. The molecule has 3 rings (SSSR count). The zero-order valence-corrected chi connectivity index (χ0v) is 15.7. The molecule has 3 aromatic rings. The number of nitrogens with zero attached hydrogens (tertiary/aromatic N) is 2. The number of halogens is 1. The molecule has 4 nitrogen and oxygen atoms in total. The number of methoxy groups -OCH3 is 1. The molecule has 1 heterocycles. The van der Waals surface area contributed by atoms with E-state index in [1.807, 2.05) is 60.8 Å². The molecular formula is C18H16BrN3OS. The summed E-state index contributed by atoms with van der Waals surface area (Å²) < 4.78 is 6.22. The summed E-state index contributed by atoms with van der Waals surface area (Å²) in [6.07, 6.45) is 0. The third kappa shape index (κ3) is 4.01. The van der Waals surface area contributed by atoms with Gasteiger partial charge >= 0.3 is 0 Å². The summed E-state index contributed by atoms with van der Waals surface area (Å²) in [7, 11) is 1.66. The highest BCUT2D eigenvalue weighted by atomic mass is 79.9. The average molecular weight is 402 g/mol. The Labute approximate surface area is 153 Å². The van der Waals surface area contributed by atoms with Gasteiger partial charge in [-0.2, -0.15) is 5.10 Å². The van der Waals surface area contributed by atoms with E-state index < -0.39 is 0 Å². The minimum atomic E-state index is 0.765. The number of hydrazone groups is 1. The Morgan fingerprint density at radius 2 is 1.83 bits per heavy atom. The van der Waals surface area contributed by atoms with Gasteiger partial charge in [0.1, 0.15) is 5.75 Å². The van der Waals surface area contributed by atoms with Crippen molar-refractivity contribution in [1.29, 1.82) is 0 Å². The first-order valence-electron chi connectivity index (χ1n) is 7.32. The van der Waals surface area contributed by atoms with Crippen LogP contribution in [-0.4, -0.2) is 17.8 Å². The SMILES string of the molecule is COc1ccc(C(C)=NNc2nc(-c3ccc(Br)cc3)cs2)cc1. The van der Waals surface area contributed by atoms with Crippen molar-refractivity contribution < 1.29 is 4.74 Å². The molecule has 0 bridgehead atoms. The normalized spacial score (nSPS) is 11.4. The lowest BCUT2D eigenvalue weighted by atomic mass is 10.1. The average Bonchev–Trinajstić information content (AvgIpc) is 3.09. The number of anilines is 1. The van der Waals surface area contributed by atoms with Gasteiger partial charge in [-0.3, -0.25) is 5.43 Å². The quantitative estimate of drug-likeness (QED) is 0.458. The van der Waals surface area contributed by atoms with Crippen molar-refractivity contribution in [2.24, 2.45) is 5.10 Å². The third-order valence-corrected chi connectivity index (χ3v) is 4.75. The monoisotopic (exact) mass is 401 g/mol. The van der Waals surface area contributed by atoms with Crippen LogP contribution in [0.3, 0.4) is 0 Å². The fourth-order valence-electron chi connectivity index (χ4n) is 2.11. The molecule has 0 aliphatic rings. The van der Waals surface area contributed by atoms with Gasteiger partial charge in [-0.1, -0.05) is 28.1 Å². The van der Waals surface area contributed by atoms with Crippen LogP contribution in [0.1, 0.15) is 12.5 Å². The van der Waals surface area contributed by atoms with Gasteiger partial charge in [0.15, 0.2) is 0 Å². The third-order valence-electron chi connectivity index (χ3n) is 3.47. The topological polar surface area (TPSA) is 46.5 Å². The van der Waals surface area contributed by atoms with E-state index in [0.29, 0.717) is 0 Å². The van der Waals surface area contributed by atoms with Crippen LogP contribution in [0, 0.1) is 0 Å². The lowest BCUT2D eigenvalue weighted by Gasteiger charge is -2.03. The van der Waals surface area contributed by atoms with E-state index in [4.69, 9.17) is 4.74 Å². The molecule has 122 valence electrons. The molecule has 0 atom stereocenters. The number of aromatic nitrogens is 1. The summed E-state index contributed by atoms with van der Waals surface area (Å²) in [5.41, 5.74) is 6.97. The molecule has 1 aromatic heterocycles. The highest BCUT2D eigenvalue weighted by Gasteiger charge is 2.04. The van der Waals surface area contributed by atoms with Gasteiger partial charge in [0.05, 0.1) is 18.5 Å². The fraction of sp³-hybridized carbons (Fsp3) is 0.111. The van der Waals surface area contributed by atoms with E-state index in [0.717, 1.165) is 37.9 Å². The lowest BCUT2D eigenvalue weighted by Crippen LogP contribution is -1.99. The first-order chi connectivity index (χ1) is 11.7. The van der Waals surface area contributed by atoms with Crippen LogP contribution in [0.4, 0.5) is 5.13 Å². The van der Waals surface area contributed by atoms with Crippen LogP contribution >= 0.6 is 27.3 Å². The van der Waals surface area contributed by atoms with Crippen molar-refractivity contribution in [3.05, 3.63) is 63.9 Å². The summed E-state index contributed by atoms with van der Waals surface area (Å²) in [5.74, 6) is 0.832. The lowest BCUT2D eigenvalue weighted by molar-refractivity contribution is 0.415. The maximum Gasteiger partial charge on any atom is 0.203 e. The van der Waals surface area contributed by atoms with Crippen molar-refractivity contribution in [3.63, 3.8) is 0 Å². The molecule has 6 heteroatoms. The first kappa shape index (κ1) is 16.7. The zero-order valence-electron chi connectivity index (χ0n) is 13.3. The van der Waals surface area contributed by atoms with Gasteiger partial charge in [0.2, 0.25) is 5.13 Å². The number of hydrogen-bond donors (Lipinski definition) is 1. The van der Waals surface area contributed by atoms with Gasteiger partial charge < -0.3 is 4.74 Å². The Morgan fingerprint density at radius 3 is 2.50 bits per heavy atom. The van der Waals surface area contributed by atoms with Crippen molar-refractivity contribution in [1.82, 2.24) is 4.98 Å². The van der Waals surface area contributed by atoms with Gasteiger partial charge in [0.25, 0.3) is 0 Å². The smallest absolute Gasteiger partial charge is 0.203 e. The molecule has 0 fully saturated rings. The van der Waals surface area contributed by atoms with Crippen LogP contribution in [0.2, 0.25) is 0 Å². The van der Waals surface area contributed by atoms with Crippen LogP contribution in [0.15, 0.2) is 63.5 Å². The molecular weight excluding hydrogens is 386 g/mol. The molecule has 0 amide bonds. The van der Waals surface area contributed by atoms with Gasteiger partial charge in [-0.25, -0.2) is 4.98 Å². The molecule has 0 aliphatic heterocycles. The van der Waals surface area contributed by atoms with Crippen molar-refractivity contribution in [2.75, 3.05) is 12.5 Å². The standard InChI is InChI=1S/C18H16BrN3OS/c1-12(13-5-9-16(23-2)10-6-13)21-22-18-20-17(11-24-18)14-3-7-15(19)8-4-14/h3-11H,1-2H3,(H,20,22). The fourth-order valence-corrected chi connectivity index (χ4v) is 3.03.